The van der Waals surface area contributed by atoms with Crippen molar-refractivity contribution < 1.29 is 4.79 Å². The molecule has 1 amide bonds. The molecule has 0 atom stereocenters. The zero-order valence-electron chi connectivity index (χ0n) is 11.4. The number of carbonyl (C=O) groups excluding carboxylic acids is 1. The second-order valence-electron chi connectivity index (χ2n) is 5.09. The zero-order chi connectivity index (χ0) is 13.9. The number of nitrogens with one attached hydrogen (secondary N) is 2. The highest BCUT2D eigenvalue weighted by Gasteiger charge is 2.20. The number of amides is 1. The normalized spacial score (nSPS) is 11.2. The first kappa shape index (κ1) is 14.7. The molecule has 2 N–H and O–H groups in total. The van der Waals surface area contributed by atoms with E-state index in [2.05, 4.69) is 20.6 Å². The molecular weight excluding hydrogens is 252 g/mol. The number of hydrogen-bond donors (Lipinski definition) is 2. The third kappa shape index (κ3) is 3.57. The van der Waals surface area contributed by atoms with Crippen molar-refractivity contribution in [2.24, 2.45) is 0 Å². The molecule has 1 aromatic rings. The molecule has 100 valence electrons. The predicted octanol–water partition coefficient (Wildman–Crippen LogP) is 1.89. The van der Waals surface area contributed by atoms with Crippen LogP contribution in [0.3, 0.4) is 0 Å². The van der Waals surface area contributed by atoms with E-state index in [9.17, 15) is 4.79 Å². The van der Waals surface area contributed by atoms with Gasteiger partial charge in [0.1, 0.15) is 16.8 Å². The number of halogens is 1. The largest absolute Gasteiger partial charge is 0.361 e. The summed E-state index contributed by atoms with van der Waals surface area (Å²) in [6.07, 6.45) is 0. The summed E-state index contributed by atoms with van der Waals surface area (Å²) >= 11 is 6.08. The Hall–Kier alpha value is -1.36. The van der Waals surface area contributed by atoms with Crippen LogP contribution in [-0.4, -0.2) is 29.5 Å². The van der Waals surface area contributed by atoms with Crippen LogP contribution in [0.2, 0.25) is 5.15 Å². The second kappa shape index (κ2) is 5.52. The number of carbonyl (C=O) groups is 1. The molecule has 0 aliphatic rings. The average molecular weight is 271 g/mol. The summed E-state index contributed by atoms with van der Waals surface area (Å²) in [5, 5.41) is 5.92. The quantitative estimate of drug-likeness (QED) is 0.823. The maximum atomic E-state index is 11.2. The van der Waals surface area contributed by atoms with Gasteiger partial charge in [-0.1, -0.05) is 32.4 Å². The first-order chi connectivity index (χ1) is 8.25. The highest BCUT2D eigenvalue weighted by molar-refractivity contribution is 6.30. The number of nitrogens with zero attached hydrogens (tertiary/aromatic N) is 2. The van der Waals surface area contributed by atoms with Gasteiger partial charge in [0.05, 0.1) is 6.54 Å². The fraction of sp³-hybridized carbons (Fsp3) is 0.583. The summed E-state index contributed by atoms with van der Waals surface area (Å²) in [7, 11) is 1.59. The van der Waals surface area contributed by atoms with Crippen molar-refractivity contribution in [2.75, 3.05) is 18.9 Å². The summed E-state index contributed by atoms with van der Waals surface area (Å²) in [6, 6.07) is 0. The lowest BCUT2D eigenvalue weighted by molar-refractivity contribution is -0.118. The Kier molecular flexibility index (Phi) is 4.51. The van der Waals surface area contributed by atoms with E-state index in [0.717, 1.165) is 5.56 Å². The Morgan fingerprint density at radius 1 is 1.33 bits per heavy atom. The molecule has 0 aliphatic heterocycles. The topological polar surface area (TPSA) is 66.9 Å². The fourth-order valence-electron chi connectivity index (χ4n) is 1.25. The lowest BCUT2D eigenvalue weighted by Gasteiger charge is -2.19. The molecule has 18 heavy (non-hydrogen) atoms. The second-order valence-corrected chi connectivity index (χ2v) is 5.45. The molecular formula is C12H19ClN4O. The first-order valence-electron chi connectivity index (χ1n) is 5.74. The van der Waals surface area contributed by atoms with Crippen molar-refractivity contribution in [3.63, 3.8) is 0 Å². The van der Waals surface area contributed by atoms with Crippen molar-refractivity contribution >= 4 is 23.3 Å². The van der Waals surface area contributed by atoms with Crippen molar-refractivity contribution in [2.45, 2.75) is 33.1 Å². The molecule has 0 saturated heterocycles. The van der Waals surface area contributed by atoms with Gasteiger partial charge >= 0.3 is 0 Å². The van der Waals surface area contributed by atoms with Gasteiger partial charge in [0, 0.05) is 18.0 Å². The number of anilines is 1. The van der Waals surface area contributed by atoms with Crippen LogP contribution in [0.5, 0.6) is 0 Å². The van der Waals surface area contributed by atoms with E-state index in [1.54, 1.807) is 7.05 Å². The van der Waals surface area contributed by atoms with Gasteiger partial charge in [-0.3, -0.25) is 4.79 Å². The maximum Gasteiger partial charge on any atom is 0.239 e. The van der Waals surface area contributed by atoms with Gasteiger partial charge in [0.15, 0.2) is 0 Å². The Morgan fingerprint density at radius 3 is 2.44 bits per heavy atom. The molecule has 5 nitrogen and oxygen atoms in total. The standard InChI is InChI=1S/C12H19ClN4O/c1-7-9(13)16-11(12(2,3)4)17-10(7)15-6-8(18)14-5/h6H2,1-5H3,(H,14,18)(H,15,16,17). The van der Waals surface area contributed by atoms with Crippen LogP contribution in [0.4, 0.5) is 5.82 Å². The minimum Gasteiger partial charge on any atom is -0.361 e. The molecule has 0 radical (unpaired) electrons. The van der Waals surface area contributed by atoms with Gasteiger partial charge < -0.3 is 10.6 Å². The molecule has 1 heterocycles. The van der Waals surface area contributed by atoms with Crippen molar-refractivity contribution in [1.29, 1.82) is 0 Å². The minimum atomic E-state index is -0.194. The monoisotopic (exact) mass is 270 g/mol. The molecule has 1 aromatic heterocycles. The molecule has 0 aromatic carbocycles. The van der Waals surface area contributed by atoms with Crippen LogP contribution < -0.4 is 10.6 Å². The number of rotatable bonds is 3. The van der Waals surface area contributed by atoms with Crippen LogP contribution in [0.1, 0.15) is 32.2 Å². The predicted molar refractivity (Wildman–Crippen MR) is 73.0 cm³/mol. The van der Waals surface area contributed by atoms with E-state index in [-0.39, 0.29) is 17.9 Å². The Labute approximate surface area is 112 Å². The molecule has 0 fully saturated rings. The lowest BCUT2D eigenvalue weighted by atomic mass is 9.95. The molecule has 0 spiro atoms. The zero-order valence-corrected chi connectivity index (χ0v) is 12.1. The highest BCUT2D eigenvalue weighted by Crippen LogP contribution is 2.25. The molecule has 0 bridgehead atoms. The molecule has 0 aliphatic carbocycles. The third-order valence-electron chi connectivity index (χ3n) is 2.45. The highest BCUT2D eigenvalue weighted by atomic mass is 35.5. The van der Waals surface area contributed by atoms with E-state index in [1.165, 1.54) is 0 Å². The summed E-state index contributed by atoms with van der Waals surface area (Å²) < 4.78 is 0. The molecule has 0 saturated carbocycles. The Bertz CT molecular complexity index is 454. The first-order valence-corrected chi connectivity index (χ1v) is 6.12. The smallest absolute Gasteiger partial charge is 0.239 e. The van der Waals surface area contributed by atoms with Crippen molar-refractivity contribution in [3.05, 3.63) is 16.5 Å². The van der Waals surface area contributed by atoms with Crippen LogP contribution >= 0.6 is 11.6 Å². The van der Waals surface area contributed by atoms with E-state index >= 15 is 0 Å². The van der Waals surface area contributed by atoms with Crippen LogP contribution in [0.15, 0.2) is 0 Å². The van der Waals surface area contributed by atoms with E-state index in [1.807, 2.05) is 27.7 Å². The van der Waals surface area contributed by atoms with Gasteiger partial charge in [0.25, 0.3) is 0 Å². The molecule has 0 unspecified atom stereocenters. The summed E-state index contributed by atoms with van der Waals surface area (Å²) in [6.45, 7) is 8.01. The van der Waals surface area contributed by atoms with Crippen molar-refractivity contribution in [1.82, 2.24) is 15.3 Å². The number of hydrogen-bond acceptors (Lipinski definition) is 4. The van der Waals surface area contributed by atoms with E-state index in [0.29, 0.717) is 16.8 Å². The molecule has 1 rings (SSSR count). The Morgan fingerprint density at radius 2 is 1.94 bits per heavy atom. The lowest BCUT2D eigenvalue weighted by Crippen LogP contribution is -2.27. The van der Waals surface area contributed by atoms with Gasteiger partial charge in [-0.25, -0.2) is 9.97 Å². The summed E-state index contributed by atoms with van der Waals surface area (Å²) in [4.78, 5) is 19.9. The maximum absolute atomic E-state index is 11.2. The SMILES string of the molecule is CNC(=O)CNc1nc(C(C)(C)C)nc(Cl)c1C. The van der Waals surface area contributed by atoms with E-state index in [4.69, 9.17) is 11.6 Å². The number of likely N-dealkylation sites (N-methyl/N-ethyl adjacent to an activating group) is 1. The van der Waals surface area contributed by atoms with Gasteiger partial charge in [-0.05, 0) is 6.92 Å². The summed E-state index contributed by atoms with van der Waals surface area (Å²) in [5.41, 5.74) is 0.550. The molecule has 6 heteroatoms. The Balaban J connectivity index is 3.03. The van der Waals surface area contributed by atoms with Gasteiger partial charge in [-0.15, -0.1) is 0 Å². The fourth-order valence-corrected chi connectivity index (χ4v) is 1.42. The average Bonchev–Trinajstić information content (AvgIpc) is 2.28. The summed E-state index contributed by atoms with van der Waals surface area (Å²) in [5.74, 6) is 1.14. The minimum absolute atomic E-state index is 0.110. The van der Waals surface area contributed by atoms with E-state index < -0.39 is 0 Å². The van der Waals surface area contributed by atoms with Gasteiger partial charge in [-0.2, -0.15) is 0 Å². The third-order valence-corrected chi connectivity index (χ3v) is 2.82. The van der Waals surface area contributed by atoms with Crippen molar-refractivity contribution in [3.8, 4) is 0 Å². The number of aromatic nitrogens is 2. The van der Waals surface area contributed by atoms with Crippen LogP contribution in [0.25, 0.3) is 0 Å². The van der Waals surface area contributed by atoms with Crippen LogP contribution in [-0.2, 0) is 10.2 Å². The van der Waals surface area contributed by atoms with Crippen LogP contribution in [0, 0.1) is 6.92 Å². The van der Waals surface area contributed by atoms with Gasteiger partial charge in [0.2, 0.25) is 5.91 Å².